The van der Waals surface area contributed by atoms with Crippen LogP contribution in [0.15, 0.2) is 0 Å². The zero-order chi connectivity index (χ0) is 9.68. The number of nitrogens with one attached hydrogen (secondary N) is 1. The van der Waals surface area contributed by atoms with Gasteiger partial charge in [-0.3, -0.25) is 9.63 Å². The molecule has 1 heterocycles. The van der Waals surface area contributed by atoms with E-state index in [1.165, 1.54) is 0 Å². The second-order valence-corrected chi connectivity index (χ2v) is 2.65. The zero-order valence-electron chi connectivity index (χ0n) is 6.99. The predicted octanol–water partition coefficient (Wildman–Crippen LogP) is -0.702. The summed E-state index contributed by atoms with van der Waals surface area (Å²) in [5.41, 5.74) is 2.01. The maximum Gasteiger partial charge on any atom is 0.332 e. The number of hydroxylamine groups is 1. The number of rotatable bonds is 4. The number of carboxylic acid groups (broad SMARTS) is 1. The van der Waals surface area contributed by atoms with Gasteiger partial charge in [0.05, 0.1) is 0 Å². The summed E-state index contributed by atoms with van der Waals surface area (Å²) in [6.45, 7) is 0.0233. The average Bonchev–Trinajstić information content (AvgIpc) is 2.55. The highest BCUT2D eigenvalue weighted by Crippen LogP contribution is 2.11. The monoisotopic (exact) mass is 189 g/mol. The number of hydrogen-bond donors (Lipinski definition) is 2. The summed E-state index contributed by atoms with van der Waals surface area (Å²) in [6, 6.07) is 0. The van der Waals surface area contributed by atoms with E-state index >= 15 is 0 Å². The molecule has 1 fully saturated rings. The maximum atomic E-state index is 11.1. The Labute approximate surface area is 74.8 Å². The van der Waals surface area contributed by atoms with Crippen molar-refractivity contribution >= 4 is 11.9 Å². The molecule has 13 heavy (non-hydrogen) atoms. The van der Waals surface area contributed by atoms with Crippen LogP contribution in [0.1, 0.15) is 12.8 Å². The normalized spacial score (nSPS) is 21.4. The third kappa shape index (κ3) is 3.39. The summed E-state index contributed by atoms with van der Waals surface area (Å²) >= 11 is 0. The first-order valence-corrected chi connectivity index (χ1v) is 3.95. The van der Waals surface area contributed by atoms with Gasteiger partial charge in [-0.05, 0) is 12.8 Å². The van der Waals surface area contributed by atoms with Crippen LogP contribution in [0, 0.1) is 0 Å². The van der Waals surface area contributed by atoms with Crippen LogP contribution in [0.2, 0.25) is 0 Å². The van der Waals surface area contributed by atoms with Crippen molar-refractivity contribution in [2.24, 2.45) is 0 Å². The molecule has 0 aromatic heterocycles. The Morgan fingerprint density at radius 2 is 2.38 bits per heavy atom. The summed E-state index contributed by atoms with van der Waals surface area (Å²) in [4.78, 5) is 25.5. The van der Waals surface area contributed by atoms with Crippen LogP contribution in [0.25, 0.3) is 0 Å². The van der Waals surface area contributed by atoms with Crippen molar-refractivity contribution in [1.29, 1.82) is 0 Å². The summed E-state index contributed by atoms with van der Waals surface area (Å²) in [7, 11) is 0. The third-order valence-corrected chi connectivity index (χ3v) is 1.59. The van der Waals surface area contributed by atoms with Gasteiger partial charge in [0.1, 0.15) is 6.10 Å². The number of aliphatic carboxylic acids is 1. The number of carbonyl (C=O) groups is 2. The van der Waals surface area contributed by atoms with E-state index in [4.69, 9.17) is 9.84 Å². The van der Waals surface area contributed by atoms with Gasteiger partial charge in [-0.1, -0.05) is 0 Å². The van der Waals surface area contributed by atoms with Gasteiger partial charge in [0, 0.05) is 6.61 Å². The highest BCUT2D eigenvalue weighted by atomic mass is 16.7. The molecule has 1 aliphatic rings. The van der Waals surface area contributed by atoms with Gasteiger partial charge in [0.15, 0.2) is 6.61 Å². The van der Waals surface area contributed by atoms with Gasteiger partial charge < -0.3 is 9.84 Å². The minimum atomic E-state index is -1.13. The number of carboxylic acids is 1. The first-order valence-electron chi connectivity index (χ1n) is 3.95. The third-order valence-electron chi connectivity index (χ3n) is 1.59. The van der Waals surface area contributed by atoms with E-state index < -0.39 is 24.6 Å². The molecule has 0 saturated carbocycles. The Bertz CT molecular complexity index is 199. The van der Waals surface area contributed by atoms with Gasteiger partial charge in [0.2, 0.25) is 0 Å². The van der Waals surface area contributed by atoms with E-state index in [1.807, 2.05) is 5.48 Å². The maximum absolute atomic E-state index is 11.1. The molecule has 6 nitrogen and oxygen atoms in total. The lowest BCUT2D eigenvalue weighted by atomic mass is 10.2. The Hall–Kier alpha value is -1.14. The van der Waals surface area contributed by atoms with Crippen molar-refractivity contribution in [3.63, 3.8) is 0 Å². The summed E-state index contributed by atoms with van der Waals surface area (Å²) in [5, 5.41) is 8.18. The summed E-state index contributed by atoms with van der Waals surface area (Å²) in [5.74, 6) is -1.55. The average molecular weight is 189 g/mol. The molecule has 0 bridgehead atoms. The molecule has 1 amide bonds. The van der Waals surface area contributed by atoms with Crippen LogP contribution in [0.3, 0.4) is 0 Å². The fourth-order valence-corrected chi connectivity index (χ4v) is 1.02. The molecule has 6 heteroatoms. The van der Waals surface area contributed by atoms with Crippen molar-refractivity contribution < 1.29 is 24.3 Å². The van der Waals surface area contributed by atoms with Gasteiger partial charge in [-0.15, -0.1) is 0 Å². The van der Waals surface area contributed by atoms with Crippen LogP contribution in [0.4, 0.5) is 0 Å². The standard InChI is InChI=1S/C7H11NO5/c9-6(10)4-13-8-7(11)5-2-1-3-12-5/h5H,1-4H2,(H,8,11)(H,9,10)/t5-/m0/s1. The van der Waals surface area contributed by atoms with Gasteiger partial charge >= 0.3 is 5.97 Å². The van der Waals surface area contributed by atoms with Crippen molar-refractivity contribution in [1.82, 2.24) is 5.48 Å². The van der Waals surface area contributed by atoms with E-state index in [9.17, 15) is 9.59 Å². The van der Waals surface area contributed by atoms with Gasteiger partial charge in [-0.2, -0.15) is 0 Å². The Morgan fingerprint density at radius 3 is 2.92 bits per heavy atom. The van der Waals surface area contributed by atoms with Crippen LogP contribution in [-0.4, -0.2) is 36.3 Å². The van der Waals surface area contributed by atoms with Crippen molar-refractivity contribution in [2.75, 3.05) is 13.2 Å². The Balaban J connectivity index is 2.13. The van der Waals surface area contributed by atoms with Crippen LogP contribution in [0.5, 0.6) is 0 Å². The SMILES string of the molecule is O=C(O)CONC(=O)[C@@H]1CCCO1. The summed E-state index contributed by atoms with van der Waals surface area (Å²) in [6.07, 6.45) is 1.01. The van der Waals surface area contributed by atoms with Crippen molar-refractivity contribution in [3.8, 4) is 0 Å². The van der Waals surface area contributed by atoms with Gasteiger partial charge in [0.25, 0.3) is 5.91 Å². The topological polar surface area (TPSA) is 84.9 Å². The highest BCUT2D eigenvalue weighted by Gasteiger charge is 2.23. The molecule has 0 aromatic carbocycles. The Kier molecular flexibility index (Phi) is 3.66. The van der Waals surface area contributed by atoms with E-state index in [-0.39, 0.29) is 0 Å². The molecule has 74 valence electrons. The molecule has 1 rings (SSSR count). The zero-order valence-corrected chi connectivity index (χ0v) is 6.99. The smallest absolute Gasteiger partial charge is 0.332 e. The molecule has 0 aliphatic carbocycles. The lowest BCUT2D eigenvalue weighted by Gasteiger charge is -2.08. The minimum absolute atomic E-state index is 0.418. The second kappa shape index (κ2) is 4.78. The number of ether oxygens (including phenoxy) is 1. The molecule has 0 unspecified atom stereocenters. The lowest BCUT2D eigenvalue weighted by molar-refractivity contribution is -0.152. The summed E-state index contributed by atoms with van der Waals surface area (Å²) < 4.78 is 5.03. The largest absolute Gasteiger partial charge is 0.479 e. The van der Waals surface area contributed by atoms with Crippen molar-refractivity contribution in [3.05, 3.63) is 0 Å². The number of carbonyl (C=O) groups excluding carboxylic acids is 1. The minimum Gasteiger partial charge on any atom is -0.479 e. The first-order chi connectivity index (χ1) is 6.20. The van der Waals surface area contributed by atoms with E-state index in [0.717, 1.165) is 6.42 Å². The fourth-order valence-electron chi connectivity index (χ4n) is 1.02. The Morgan fingerprint density at radius 1 is 1.62 bits per heavy atom. The first kappa shape index (κ1) is 9.94. The molecule has 1 atom stereocenters. The van der Waals surface area contributed by atoms with E-state index in [2.05, 4.69) is 4.84 Å². The van der Waals surface area contributed by atoms with Crippen molar-refractivity contribution in [2.45, 2.75) is 18.9 Å². The molecule has 1 aliphatic heterocycles. The second-order valence-electron chi connectivity index (χ2n) is 2.65. The lowest BCUT2D eigenvalue weighted by Crippen LogP contribution is -2.35. The number of hydrogen-bond acceptors (Lipinski definition) is 4. The molecule has 0 spiro atoms. The highest BCUT2D eigenvalue weighted by molar-refractivity contribution is 5.80. The molecule has 2 N–H and O–H groups in total. The molecule has 0 radical (unpaired) electrons. The van der Waals surface area contributed by atoms with Crippen LogP contribution >= 0.6 is 0 Å². The molecular formula is C7H11NO5. The fraction of sp³-hybridized carbons (Fsp3) is 0.714. The molecule has 0 aromatic rings. The van der Waals surface area contributed by atoms with E-state index in [1.54, 1.807) is 0 Å². The quantitative estimate of drug-likeness (QED) is 0.571. The molecule has 1 saturated heterocycles. The predicted molar refractivity (Wildman–Crippen MR) is 40.7 cm³/mol. The molecular weight excluding hydrogens is 178 g/mol. The number of amides is 1. The van der Waals surface area contributed by atoms with Gasteiger partial charge in [-0.25, -0.2) is 10.3 Å². The van der Waals surface area contributed by atoms with Crippen LogP contribution in [-0.2, 0) is 19.2 Å². The van der Waals surface area contributed by atoms with E-state index in [0.29, 0.717) is 13.0 Å². The van der Waals surface area contributed by atoms with Crippen LogP contribution < -0.4 is 5.48 Å².